The van der Waals surface area contributed by atoms with Crippen molar-refractivity contribution in [3.63, 3.8) is 0 Å². The van der Waals surface area contributed by atoms with Gasteiger partial charge in [-0.1, -0.05) is 283 Å². The number of benzene rings is 2. The molecule has 0 saturated heterocycles. The van der Waals surface area contributed by atoms with Crippen LogP contribution >= 0.6 is 0 Å². The summed E-state index contributed by atoms with van der Waals surface area (Å²) in [4.78, 5) is 11.0. The third kappa shape index (κ3) is 36.9. The average molecular weight is 940 g/mol. The maximum Gasteiger partial charge on any atom is 0.0636 e. The molecule has 0 aromatic heterocycles. The fraction of sp³-hybridized carbons (Fsp3) is 0.774. The second-order valence-electron chi connectivity index (χ2n) is 20.2. The molecule has 65 heavy (non-hydrogen) atoms. The normalized spacial score (nSPS) is 12.0. The first-order valence-corrected chi connectivity index (χ1v) is 29.0. The SMILES string of the molecule is CCCCCCCCCCCCCCCCCCCCCCC(=N\c1cccc(CCCCCCCCCCC)c1)/C(CCCC)=N/c1cccc(CCCCCCCCCCC)c1.[Ni]. The first-order chi connectivity index (χ1) is 31.7. The van der Waals surface area contributed by atoms with E-state index in [-0.39, 0.29) is 16.5 Å². The van der Waals surface area contributed by atoms with Crippen LogP contribution in [0.15, 0.2) is 58.5 Å². The largest absolute Gasteiger partial charge is 0.252 e. The first-order valence-electron chi connectivity index (χ1n) is 29.0. The number of nitrogens with zero attached hydrogens (tertiary/aromatic N) is 2. The third-order valence-electron chi connectivity index (χ3n) is 13.9. The third-order valence-corrected chi connectivity index (χ3v) is 13.9. The predicted molar refractivity (Wildman–Crippen MR) is 291 cm³/mol. The molecule has 0 radical (unpaired) electrons. The second kappa shape index (κ2) is 47.3. The second-order valence-corrected chi connectivity index (χ2v) is 20.2. The monoisotopic (exact) mass is 939 g/mol. The smallest absolute Gasteiger partial charge is 0.0636 e. The van der Waals surface area contributed by atoms with Crippen molar-refractivity contribution in [1.29, 1.82) is 0 Å². The van der Waals surface area contributed by atoms with Gasteiger partial charge in [0.05, 0.1) is 22.8 Å². The van der Waals surface area contributed by atoms with Crippen LogP contribution in [0.1, 0.15) is 308 Å². The van der Waals surface area contributed by atoms with Crippen LogP contribution in [-0.4, -0.2) is 11.4 Å². The maximum absolute atomic E-state index is 5.49. The molecule has 0 aliphatic heterocycles. The van der Waals surface area contributed by atoms with E-state index < -0.39 is 0 Å². The number of aryl methyl sites for hydroxylation is 2. The van der Waals surface area contributed by atoms with E-state index in [2.05, 4.69) is 76.2 Å². The van der Waals surface area contributed by atoms with Crippen molar-refractivity contribution in [2.24, 2.45) is 9.98 Å². The van der Waals surface area contributed by atoms with E-state index in [1.165, 1.54) is 273 Å². The van der Waals surface area contributed by atoms with Gasteiger partial charge >= 0.3 is 0 Å². The molecule has 2 rings (SSSR count). The zero-order valence-electron chi connectivity index (χ0n) is 43.9. The van der Waals surface area contributed by atoms with E-state index in [0.717, 1.165) is 43.5 Å². The standard InChI is InChI=1S/C62H108N2.Ni/c1-5-9-13-16-19-22-23-24-25-26-27-28-29-30-31-32-35-38-41-44-54-62(64-60-52-46-50-58(56-60)48-43-40-37-34-21-18-15-11-7-3)61(53-12-8-4)63-59-51-45-49-57(55-59)47-42-39-36-33-20-17-14-10-6-2;/h45-46,49-52,55-56H,5-44,47-48,53-54H2,1-4H3;/b63-61+,64-62+;. The Balaban J connectivity index is 0.0000211. The summed E-state index contributed by atoms with van der Waals surface area (Å²) in [5.41, 5.74) is 7.59. The molecule has 0 amide bonds. The molecule has 0 spiro atoms. The molecule has 0 atom stereocenters. The number of hydrogen-bond acceptors (Lipinski definition) is 2. The molecule has 0 fully saturated rings. The molecule has 0 heterocycles. The van der Waals surface area contributed by atoms with Crippen LogP contribution in [0.5, 0.6) is 0 Å². The van der Waals surface area contributed by atoms with Gasteiger partial charge < -0.3 is 0 Å². The zero-order chi connectivity index (χ0) is 45.6. The Morgan fingerprint density at radius 3 is 0.831 bits per heavy atom. The molecule has 0 saturated carbocycles. The van der Waals surface area contributed by atoms with E-state index in [4.69, 9.17) is 9.98 Å². The summed E-state index contributed by atoms with van der Waals surface area (Å²) in [6.07, 6.45) is 59.9. The molecule has 0 N–H and O–H groups in total. The molecule has 3 heteroatoms. The fourth-order valence-electron chi connectivity index (χ4n) is 9.58. The zero-order valence-corrected chi connectivity index (χ0v) is 44.9. The summed E-state index contributed by atoms with van der Waals surface area (Å²) in [6.45, 7) is 9.24. The van der Waals surface area contributed by atoms with Crippen molar-refractivity contribution in [3.8, 4) is 0 Å². The molecule has 0 aliphatic rings. The fourth-order valence-corrected chi connectivity index (χ4v) is 9.58. The van der Waals surface area contributed by atoms with Crippen LogP contribution < -0.4 is 0 Å². The van der Waals surface area contributed by atoms with Crippen molar-refractivity contribution in [3.05, 3.63) is 59.7 Å². The maximum atomic E-state index is 5.49. The van der Waals surface area contributed by atoms with Crippen molar-refractivity contribution in [1.82, 2.24) is 0 Å². The van der Waals surface area contributed by atoms with E-state index in [9.17, 15) is 0 Å². The van der Waals surface area contributed by atoms with Crippen LogP contribution in [0.25, 0.3) is 0 Å². The Labute approximate surface area is 417 Å². The summed E-state index contributed by atoms with van der Waals surface area (Å²) in [5.74, 6) is 0. The Morgan fingerprint density at radius 2 is 0.538 bits per heavy atom. The van der Waals surface area contributed by atoms with Crippen LogP contribution in [0.4, 0.5) is 11.4 Å². The number of aliphatic imine (C=N–C) groups is 2. The van der Waals surface area contributed by atoms with Gasteiger partial charge in [0.25, 0.3) is 0 Å². The molecule has 2 nitrogen and oxygen atoms in total. The van der Waals surface area contributed by atoms with Crippen molar-refractivity contribution < 1.29 is 16.5 Å². The first kappa shape index (κ1) is 61.3. The van der Waals surface area contributed by atoms with E-state index >= 15 is 0 Å². The Bertz CT molecular complexity index is 1360. The molecule has 0 aliphatic carbocycles. The van der Waals surface area contributed by atoms with Gasteiger partial charge in [-0.05, 0) is 86.8 Å². The van der Waals surface area contributed by atoms with Gasteiger partial charge in [-0.25, -0.2) is 0 Å². The summed E-state index contributed by atoms with van der Waals surface area (Å²) < 4.78 is 0. The molecule has 2 aromatic rings. The Hall–Kier alpha value is -1.73. The van der Waals surface area contributed by atoms with Gasteiger partial charge in [0.1, 0.15) is 0 Å². The molecule has 0 unspecified atom stereocenters. The van der Waals surface area contributed by atoms with Gasteiger partial charge in [-0.15, -0.1) is 0 Å². The van der Waals surface area contributed by atoms with Crippen molar-refractivity contribution >= 4 is 22.8 Å². The van der Waals surface area contributed by atoms with E-state index in [0.29, 0.717) is 0 Å². The summed E-state index contributed by atoms with van der Waals surface area (Å²) >= 11 is 0. The minimum atomic E-state index is 0. The average Bonchev–Trinajstić information content (AvgIpc) is 3.31. The van der Waals surface area contributed by atoms with Gasteiger partial charge in [0.2, 0.25) is 0 Å². The molecule has 2 aromatic carbocycles. The van der Waals surface area contributed by atoms with E-state index in [1.54, 1.807) is 0 Å². The topological polar surface area (TPSA) is 24.7 Å². The number of hydrogen-bond donors (Lipinski definition) is 0. The minimum absolute atomic E-state index is 0. The molecular formula is C62H108N2Ni. The number of unbranched alkanes of at least 4 members (excludes halogenated alkanes) is 36. The van der Waals surface area contributed by atoms with Crippen LogP contribution in [0.2, 0.25) is 0 Å². The minimum Gasteiger partial charge on any atom is -0.252 e. The number of rotatable bonds is 47. The van der Waals surface area contributed by atoms with Gasteiger partial charge in [0, 0.05) is 16.5 Å². The summed E-state index contributed by atoms with van der Waals surface area (Å²) in [6, 6.07) is 18.4. The Morgan fingerprint density at radius 1 is 0.292 bits per heavy atom. The quantitative estimate of drug-likeness (QED) is 0.0359. The van der Waals surface area contributed by atoms with Gasteiger partial charge in [-0.2, -0.15) is 0 Å². The van der Waals surface area contributed by atoms with Crippen LogP contribution in [-0.2, 0) is 29.3 Å². The molecular weight excluding hydrogens is 831 g/mol. The van der Waals surface area contributed by atoms with E-state index in [1.807, 2.05) is 0 Å². The van der Waals surface area contributed by atoms with Gasteiger partial charge in [-0.3, -0.25) is 9.98 Å². The summed E-state index contributed by atoms with van der Waals surface area (Å²) in [5, 5.41) is 0. The van der Waals surface area contributed by atoms with Gasteiger partial charge in [0.15, 0.2) is 0 Å². The van der Waals surface area contributed by atoms with Crippen LogP contribution in [0.3, 0.4) is 0 Å². The van der Waals surface area contributed by atoms with Crippen LogP contribution in [0, 0.1) is 0 Å². The summed E-state index contributed by atoms with van der Waals surface area (Å²) in [7, 11) is 0. The van der Waals surface area contributed by atoms with Crippen molar-refractivity contribution in [2.75, 3.05) is 0 Å². The molecule has 376 valence electrons. The van der Waals surface area contributed by atoms with Crippen molar-refractivity contribution in [2.45, 2.75) is 310 Å². The Kier molecular flexibility index (Phi) is 44.6. The predicted octanol–water partition coefficient (Wildman–Crippen LogP) is 22.1. The molecule has 0 bridgehead atoms.